The molecule has 2 aromatic carbocycles. The van der Waals surface area contributed by atoms with E-state index in [1.54, 1.807) is 12.1 Å². The van der Waals surface area contributed by atoms with Gasteiger partial charge in [-0.3, -0.25) is 4.79 Å². The second-order valence-corrected chi connectivity index (χ2v) is 6.81. The van der Waals surface area contributed by atoms with Crippen LogP contribution in [0.25, 0.3) is 0 Å². The van der Waals surface area contributed by atoms with E-state index in [2.05, 4.69) is 15.9 Å². The van der Waals surface area contributed by atoms with Crippen LogP contribution in [0.3, 0.4) is 0 Å². The van der Waals surface area contributed by atoms with E-state index < -0.39 is 17.8 Å². The molecule has 1 aliphatic heterocycles. The van der Waals surface area contributed by atoms with Gasteiger partial charge in [0.15, 0.2) is 12.8 Å². The summed E-state index contributed by atoms with van der Waals surface area (Å²) in [5.41, 5.74) is 1.45. The van der Waals surface area contributed by atoms with Crippen LogP contribution in [0.5, 0.6) is 5.75 Å². The van der Waals surface area contributed by atoms with Crippen molar-refractivity contribution < 1.29 is 28.2 Å². The predicted molar refractivity (Wildman–Crippen MR) is 97.7 cm³/mol. The molecule has 142 valence electrons. The van der Waals surface area contributed by atoms with E-state index in [0.29, 0.717) is 5.56 Å². The van der Waals surface area contributed by atoms with Crippen LogP contribution in [0, 0.1) is 5.82 Å². The molecule has 6 nitrogen and oxygen atoms in total. The molecule has 1 aliphatic rings. The lowest BCUT2D eigenvalue weighted by Crippen LogP contribution is -2.35. The first-order valence-electron chi connectivity index (χ1n) is 8.04. The molecule has 2 aromatic rings. The van der Waals surface area contributed by atoms with Crippen LogP contribution < -0.4 is 4.74 Å². The second kappa shape index (κ2) is 8.06. The molecule has 3 rings (SSSR count). The van der Waals surface area contributed by atoms with Gasteiger partial charge in [-0.15, -0.1) is 0 Å². The molecule has 0 N–H and O–H groups in total. The van der Waals surface area contributed by atoms with E-state index in [9.17, 15) is 14.0 Å². The smallest absolute Gasteiger partial charge is 0.333 e. The molecule has 1 atom stereocenters. The van der Waals surface area contributed by atoms with Gasteiger partial charge in [-0.2, -0.15) is 0 Å². The standard InChI is InChI=1S/C19H17BrFNO5/c1-25-10-27-16-6-5-13(21)8-15(16)17(19(24)26-2)22-9-11-3-4-12(20)7-14(11)18(22)23/h3-8,17H,9-10H2,1-2H3/t17-/m1/s1. The number of benzene rings is 2. The number of amides is 1. The Bertz CT molecular complexity index is 888. The van der Waals surface area contributed by atoms with Crippen LogP contribution in [-0.2, 0) is 20.8 Å². The van der Waals surface area contributed by atoms with Gasteiger partial charge in [0.05, 0.1) is 7.11 Å². The SMILES string of the molecule is COCOc1ccc(F)cc1[C@H](C(=O)OC)N1Cc2ccc(Br)cc2C1=O. The fourth-order valence-corrected chi connectivity index (χ4v) is 3.39. The topological polar surface area (TPSA) is 65.1 Å². The minimum atomic E-state index is -1.16. The number of rotatable bonds is 6. The van der Waals surface area contributed by atoms with Gasteiger partial charge in [-0.1, -0.05) is 22.0 Å². The maximum Gasteiger partial charge on any atom is 0.333 e. The van der Waals surface area contributed by atoms with E-state index in [0.717, 1.165) is 10.0 Å². The number of halogens is 2. The fourth-order valence-electron chi connectivity index (χ4n) is 3.02. The zero-order chi connectivity index (χ0) is 19.6. The highest BCUT2D eigenvalue weighted by molar-refractivity contribution is 9.10. The molecule has 0 fully saturated rings. The van der Waals surface area contributed by atoms with E-state index in [1.165, 1.54) is 37.3 Å². The number of methoxy groups -OCH3 is 2. The number of carbonyl (C=O) groups excluding carboxylic acids is 2. The molecule has 0 saturated carbocycles. The Morgan fingerprint density at radius 2 is 2.04 bits per heavy atom. The lowest BCUT2D eigenvalue weighted by molar-refractivity contribution is -0.146. The minimum Gasteiger partial charge on any atom is -0.467 e. The molecule has 1 amide bonds. The molecule has 0 radical (unpaired) electrons. The van der Waals surface area contributed by atoms with Gasteiger partial charge in [0, 0.05) is 29.3 Å². The Kier molecular flexibility index (Phi) is 5.76. The molecule has 1 heterocycles. The molecule has 0 bridgehead atoms. The number of carbonyl (C=O) groups is 2. The lowest BCUT2D eigenvalue weighted by atomic mass is 10.0. The van der Waals surface area contributed by atoms with Gasteiger partial charge in [0.25, 0.3) is 5.91 Å². The van der Waals surface area contributed by atoms with Gasteiger partial charge >= 0.3 is 5.97 Å². The zero-order valence-corrected chi connectivity index (χ0v) is 16.3. The Labute approximate surface area is 163 Å². The molecule has 27 heavy (non-hydrogen) atoms. The maximum absolute atomic E-state index is 13.9. The summed E-state index contributed by atoms with van der Waals surface area (Å²) in [7, 11) is 2.66. The summed E-state index contributed by atoms with van der Waals surface area (Å²) < 4.78 is 30.0. The average Bonchev–Trinajstić information content (AvgIpc) is 2.97. The molecule has 8 heteroatoms. The van der Waals surface area contributed by atoms with Crippen molar-refractivity contribution in [3.05, 3.63) is 63.4 Å². The van der Waals surface area contributed by atoms with E-state index in [-0.39, 0.29) is 30.6 Å². The molecule has 0 spiro atoms. The fraction of sp³-hybridized carbons (Fsp3) is 0.263. The van der Waals surface area contributed by atoms with Gasteiger partial charge in [-0.05, 0) is 35.9 Å². The first kappa shape index (κ1) is 19.3. The molecule has 0 aliphatic carbocycles. The first-order chi connectivity index (χ1) is 13.0. The Morgan fingerprint density at radius 1 is 1.26 bits per heavy atom. The van der Waals surface area contributed by atoms with Crippen molar-refractivity contribution in [3.63, 3.8) is 0 Å². The highest BCUT2D eigenvalue weighted by Crippen LogP contribution is 2.37. The average molecular weight is 438 g/mol. The van der Waals surface area contributed by atoms with E-state index in [4.69, 9.17) is 14.2 Å². The zero-order valence-electron chi connectivity index (χ0n) is 14.7. The monoisotopic (exact) mass is 437 g/mol. The van der Waals surface area contributed by atoms with Crippen LogP contribution in [-0.4, -0.2) is 37.8 Å². The normalized spacial score (nSPS) is 14.1. The molecule has 0 aromatic heterocycles. The molecular formula is C19H17BrFNO5. The Morgan fingerprint density at radius 3 is 2.74 bits per heavy atom. The summed E-state index contributed by atoms with van der Waals surface area (Å²) >= 11 is 3.34. The third-order valence-electron chi connectivity index (χ3n) is 4.24. The Hall–Kier alpha value is -2.45. The van der Waals surface area contributed by atoms with Crippen molar-refractivity contribution >= 4 is 27.8 Å². The predicted octanol–water partition coefficient (Wildman–Crippen LogP) is 3.44. The third-order valence-corrected chi connectivity index (χ3v) is 4.73. The Balaban J connectivity index is 2.05. The van der Waals surface area contributed by atoms with Crippen molar-refractivity contribution in [1.29, 1.82) is 0 Å². The van der Waals surface area contributed by atoms with E-state index in [1.807, 2.05) is 6.07 Å². The largest absolute Gasteiger partial charge is 0.467 e. The number of nitrogens with zero attached hydrogens (tertiary/aromatic N) is 1. The highest BCUT2D eigenvalue weighted by atomic mass is 79.9. The third kappa shape index (κ3) is 3.81. The second-order valence-electron chi connectivity index (χ2n) is 5.89. The minimum absolute atomic E-state index is 0.0896. The van der Waals surface area contributed by atoms with Crippen LogP contribution in [0.4, 0.5) is 4.39 Å². The van der Waals surface area contributed by atoms with Crippen molar-refractivity contribution in [2.75, 3.05) is 21.0 Å². The van der Waals surface area contributed by atoms with Crippen LogP contribution in [0.2, 0.25) is 0 Å². The van der Waals surface area contributed by atoms with Crippen molar-refractivity contribution in [3.8, 4) is 5.75 Å². The number of hydrogen-bond acceptors (Lipinski definition) is 5. The number of esters is 1. The van der Waals surface area contributed by atoms with Crippen molar-refractivity contribution in [1.82, 2.24) is 4.90 Å². The van der Waals surface area contributed by atoms with Crippen LogP contribution in [0.15, 0.2) is 40.9 Å². The molecule has 0 saturated heterocycles. The van der Waals surface area contributed by atoms with Crippen molar-refractivity contribution in [2.24, 2.45) is 0 Å². The summed E-state index contributed by atoms with van der Waals surface area (Å²) in [4.78, 5) is 26.8. The molecular weight excluding hydrogens is 421 g/mol. The first-order valence-corrected chi connectivity index (χ1v) is 8.84. The van der Waals surface area contributed by atoms with Gasteiger partial charge in [0.2, 0.25) is 0 Å². The summed E-state index contributed by atoms with van der Waals surface area (Å²) in [5.74, 6) is -1.36. The molecule has 0 unspecified atom stereocenters. The maximum atomic E-state index is 13.9. The number of fused-ring (bicyclic) bond motifs is 1. The van der Waals surface area contributed by atoms with Gasteiger partial charge in [-0.25, -0.2) is 9.18 Å². The summed E-state index contributed by atoms with van der Waals surface area (Å²) in [5, 5.41) is 0. The lowest BCUT2D eigenvalue weighted by Gasteiger charge is -2.27. The van der Waals surface area contributed by atoms with Crippen LogP contribution in [0.1, 0.15) is 27.5 Å². The number of ether oxygens (including phenoxy) is 3. The van der Waals surface area contributed by atoms with E-state index >= 15 is 0 Å². The van der Waals surface area contributed by atoms with Crippen molar-refractivity contribution in [2.45, 2.75) is 12.6 Å². The quantitative estimate of drug-likeness (QED) is 0.511. The van der Waals surface area contributed by atoms with Crippen LogP contribution >= 0.6 is 15.9 Å². The van der Waals surface area contributed by atoms with Gasteiger partial charge < -0.3 is 19.1 Å². The van der Waals surface area contributed by atoms with Gasteiger partial charge in [0.1, 0.15) is 11.6 Å². The summed E-state index contributed by atoms with van der Waals surface area (Å²) in [6.07, 6.45) is 0. The number of hydrogen-bond donors (Lipinski definition) is 0. The highest BCUT2D eigenvalue weighted by Gasteiger charge is 2.39. The summed E-state index contributed by atoms with van der Waals surface area (Å²) in [6, 6.07) is 7.93. The summed E-state index contributed by atoms with van der Waals surface area (Å²) in [6.45, 7) is 0.106.